The number of hydrogen-bond donors (Lipinski definition) is 2. The lowest BCUT2D eigenvalue weighted by atomic mass is 10.1. The molecule has 2 aromatic rings. The van der Waals surface area contributed by atoms with Crippen LogP contribution in [0.3, 0.4) is 0 Å². The second-order valence-electron chi connectivity index (χ2n) is 4.06. The minimum atomic E-state index is 0.114. The summed E-state index contributed by atoms with van der Waals surface area (Å²) in [5, 5.41) is 20.5. The van der Waals surface area contributed by atoms with E-state index in [0.29, 0.717) is 5.56 Å². The van der Waals surface area contributed by atoms with Gasteiger partial charge in [0.15, 0.2) is 11.0 Å². The molecule has 0 aliphatic carbocycles. The van der Waals surface area contributed by atoms with E-state index in [9.17, 15) is 0 Å². The molecule has 0 aliphatic heterocycles. The standard InChI is InChI=1S/C12H15N5OS/c1-8-14-15-12(17(8)2)19-7-9-3-5-10(6-4-9)11(13)16-18/h3-6,18H,7H2,1-2H3,(H2,13,16). The van der Waals surface area contributed by atoms with Crippen LogP contribution in [0, 0.1) is 6.92 Å². The van der Waals surface area contributed by atoms with Crippen molar-refractivity contribution in [3.8, 4) is 0 Å². The Labute approximate surface area is 115 Å². The maximum absolute atomic E-state index is 8.58. The number of benzene rings is 1. The number of aromatic nitrogens is 3. The van der Waals surface area contributed by atoms with Gasteiger partial charge in [-0.25, -0.2) is 0 Å². The van der Waals surface area contributed by atoms with E-state index in [-0.39, 0.29) is 5.84 Å². The second kappa shape index (κ2) is 5.75. The molecule has 1 heterocycles. The van der Waals surface area contributed by atoms with Crippen molar-refractivity contribution in [3.63, 3.8) is 0 Å². The molecule has 6 nitrogen and oxygen atoms in total. The molecule has 0 fully saturated rings. The van der Waals surface area contributed by atoms with Crippen LogP contribution in [-0.4, -0.2) is 25.8 Å². The van der Waals surface area contributed by atoms with E-state index in [1.54, 1.807) is 11.8 Å². The van der Waals surface area contributed by atoms with Gasteiger partial charge in [-0.1, -0.05) is 41.2 Å². The van der Waals surface area contributed by atoms with E-state index in [4.69, 9.17) is 10.9 Å². The Morgan fingerprint density at radius 1 is 1.37 bits per heavy atom. The highest BCUT2D eigenvalue weighted by molar-refractivity contribution is 7.98. The number of oxime groups is 1. The summed E-state index contributed by atoms with van der Waals surface area (Å²) in [5.41, 5.74) is 7.34. The summed E-state index contributed by atoms with van der Waals surface area (Å²) in [7, 11) is 1.94. The zero-order valence-corrected chi connectivity index (χ0v) is 11.6. The molecule has 0 atom stereocenters. The van der Waals surface area contributed by atoms with Gasteiger partial charge in [0, 0.05) is 18.4 Å². The van der Waals surface area contributed by atoms with Crippen molar-refractivity contribution < 1.29 is 5.21 Å². The Balaban J connectivity index is 2.02. The average molecular weight is 277 g/mol. The Hall–Kier alpha value is -2.02. The van der Waals surface area contributed by atoms with E-state index in [2.05, 4.69) is 15.4 Å². The predicted octanol–water partition coefficient (Wildman–Crippen LogP) is 1.51. The van der Waals surface area contributed by atoms with E-state index in [1.807, 2.05) is 42.8 Å². The van der Waals surface area contributed by atoms with E-state index >= 15 is 0 Å². The molecule has 0 spiro atoms. The van der Waals surface area contributed by atoms with Gasteiger partial charge in [0.05, 0.1) is 0 Å². The molecule has 7 heteroatoms. The average Bonchev–Trinajstić information content (AvgIpc) is 2.76. The van der Waals surface area contributed by atoms with Crippen LogP contribution < -0.4 is 5.73 Å². The number of rotatable bonds is 4. The fraction of sp³-hybridized carbons (Fsp3) is 0.250. The van der Waals surface area contributed by atoms with Crippen LogP contribution in [0.1, 0.15) is 17.0 Å². The van der Waals surface area contributed by atoms with Crippen LogP contribution >= 0.6 is 11.8 Å². The molecule has 0 radical (unpaired) electrons. The van der Waals surface area contributed by atoms with Crippen LogP contribution in [0.15, 0.2) is 34.6 Å². The Morgan fingerprint density at radius 3 is 2.58 bits per heavy atom. The van der Waals surface area contributed by atoms with Gasteiger partial charge < -0.3 is 15.5 Å². The first kappa shape index (κ1) is 13.4. The van der Waals surface area contributed by atoms with Crippen molar-refractivity contribution in [2.75, 3.05) is 0 Å². The molecule has 2 rings (SSSR count). The molecule has 0 aliphatic rings. The Morgan fingerprint density at radius 2 is 2.05 bits per heavy atom. The van der Waals surface area contributed by atoms with Crippen LogP contribution in [0.4, 0.5) is 0 Å². The molecule has 0 unspecified atom stereocenters. The molecular weight excluding hydrogens is 262 g/mol. The van der Waals surface area contributed by atoms with Crippen molar-refractivity contribution >= 4 is 17.6 Å². The highest BCUT2D eigenvalue weighted by Crippen LogP contribution is 2.21. The van der Waals surface area contributed by atoms with E-state index < -0.39 is 0 Å². The first-order valence-corrected chi connectivity index (χ1v) is 6.66. The van der Waals surface area contributed by atoms with Crippen LogP contribution in [-0.2, 0) is 12.8 Å². The summed E-state index contributed by atoms with van der Waals surface area (Å²) in [6.45, 7) is 1.92. The summed E-state index contributed by atoms with van der Waals surface area (Å²) >= 11 is 1.62. The van der Waals surface area contributed by atoms with E-state index in [0.717, 1.165) is 22.3 Å². The van der Waals surface area contributed by atoms with Gasteiger partial charge in [0.2, 0.25) is 0 Å². The lowest BCUT2D eigenvalue weighted by Crippen LogP contribution is -2.12. The minimum absolute atomic E-state index is 0.114. The molecular formula is C12H15N5OS. The van der Waals surface area contributed by atoms with Crippen LogP contribution in [0.25, 0.3) is 0 Å². The number of aryl methyl sites for hydroxylation is 1. The van der Waals surface area contributed by atoms with Gasteiger partial charge in [0.1, 0.15) is 5.82 Å². The summed E-state index contributed by atoms with van der Waals surface area (Å²) in [5.74, 6) is 1.80. The third-order valence-corrected chi connectivity index (χ3v) is 3.87. The number of amidine groups is 1. The molecule has 100 valence electrons. The van der Waals surface area contributed by atoms with Crippen molar-refractivity contribution in [3.05, 3.63) is 41.2 Å². The van der Waals surface area contributed by atoms with Gasteiger partial charge >= 0.3 is 0 Å². The monoisotopic (exact) mass is 277 g/mol. The predicted molar refractivity (Wildman–Crippen MR) is 74.3 cm³/mol. The summed E-state index contributed by atoms with van der Waals surface area (Å²) in [6, 6.07) is 7.55. The molecule has 19 heavy (non-hydrogen) atoms. The Bertz CT molecular complexity index is 591. The number of nitrogens with zero attached hydrogens (tertiary/aromatic N) is 4. The number of nitrogens with two attached hydrogens (primary N) is 1. The third-order valence-electron chi connectivity index (χ3n) is 2.78. The number of hydrogen-bond acceptors (Lipinski definition) is 5. The lowest BCUT2D eigenvalue weighted by molar-refractivity contribution is 0.318. The molecule has 0 amide bonds. The highest BCUT2D eigenvalue weighted by Gasteiger charge is 2.06. The molecule has 1 aromatic heterocycles. The van der Waals surface area contributed by atoms with Crippen molar-refractivity contribution in [1.29, 1.82) is 0 Å². The summed E-state index contributed by atoms with van der Waals surface area (Å²) in [6.07, 6.45) is 0. The molecule has 0 bridgehead atoms. The maximum atomic E-state index is 8.58. The molecule has 0 saturated carbocycles. The molecule has 1 aromatic carbocycles. The van der Waals surface area contributed by atoms with E-state index in [1.165, 1.54) is 0 Å². The van der Waals surface area contributed by atoms with Gasteiger partial charge in [-0.15, -0.1) is 10.2 Å². The zero-order chi connectivity index (χ0) is 13.8. The van der Waals surface area contributed by atoms with Crippen molar-refractivity contribution in [2.45, 2.75) is 17.8 Å². The quantitative estimate of drug-likeness (QED) is 0.291. The molecule has 3 N–H and O–H groups in total. The first-order chi connectivity index (χ1) is 9.11. The highest BCUT2D eigenvalue weighted by atomic mass is 32.2. The minimum Gasteiger partial charge on any atom is -0.409 e. The first-order valence-electron chi connectivity index (χ1n) is 5.67. The van der Waals surface area contributed by atoms with Crippen molar-refractivity contribution in [1.82, 2.24) is 14.8 Å². The topological polar surface area (TPSA) is 89.3 Å². The maximum Gasteiger partial charge on any atom is 0.191 e. The zero-order valence-electron chi connectivity index (χ0n) is 10.7. The lowest BCUT2D eigenvalue weighted by Gasteiger charge is -2.03. The fourth-order valence-electron chi connectivity index (χ4n) is 1.49. The molecule has 0 saturated heterocycles. The fourth-order valence-corrected chi connectivity index (χ4v) is 2.40. The van der Waals surface area contributed by atoms with Crippen LogP contribution in [0.5, 0.6) is 0 Å². The SMILES string of the molecule is Cc1nnc(SCc2ccc(C(N)=NO)cc2)n1C. The second-order valence-corrected chi connectivity index (χ2v) is 5.00. The van der Waals surface area contributed by atoms with Gasteiger partial charge in [-0.3, -0.25) is 0 Å². The van der Waals surface area contributed by atoms with Crippen molar-refractivity contribution in [2.24, 2.45) is 17.9 Å². The summed E-state index contributed by atoms with van der Waals surface area (Å²) < 4.78 is 1.95. The number of thioether (sulfide) groups is 1. The normalized spacial score (nSPS) is 11.8. The summed E-state index contributed by atoms with van der Waals surface area (Å²) in [4.78, 5) is 0. The smallest absolute Gasteiger partial charge is 0.191 e. The van der Waals surface area contributed by atoms with Gasteiger partial charge in [-0.2, -0.15) is 0 Å². The Kier molecular flexibility index (Phi) is 4.06. The van der Waals surface area contributed by atoms with Crippen LogP contribution in [0.2, 0.25) is 0 Å². The van der Waals surface area contributed by atoms with Gasteiger partial charge in [-0.05, 0) is 12.5 Å². The van der Waals surface area contributed by atoms with Gasteiger partial charge in [0.25, 0.3) is 0 Å². The third kappa shape index (κ3) is 3.05. The largest absolute Gasteiger partial charge is 0.409 e.